The highest BCUT2D eigenvalue weighted by Gasteiger charge is 1.98. The molecule has 4 heteroatoms. The Balaban J connectivity index is 0.000000261. The van der Waals surface area contributed by atoms with Crippen LogP contribution < -0.4 is 9.67 Å². The molecule has 1 N–H and O–H groups in total. The summed E-state index contributed by atoms with van der Waals surface area (Å²) in [6.45, 7) is 5.27. The van der Waals surface area contributed by atoms with E-state index in [4.69, 9.17) is 9.90 Å². The van der Waals surface area contributed by atoms with Crippen LogP contribution in [0.5, 0.6) is 0 Å². The lowest BCUT2D eigenvalue weighted by atomic mass is 10.4. The van der Waals surface area contributed by atoms with Crippen molar-refractivity contribution in [2.45, 2.75) is 26.8 Å². The van der Waals surface area contributed by atoms with Gasteiger partial charge in [-0.2, -0.15) is 0 Å². The number of nitrogens with zero attached hydrogens (tertiary/aromatic N) is 1. The molecule has 0 aliphatic heterocycles. The molecule has 1 aromatic rings. The van der Waals surface area contributed by atoms with Gasteiger partial charge in [-0.25, -0.2) is 4.57 Å². The van der Waals surface area contributed by atoms with E-state index < -0.39 is 5.97 Å². The van der Waals surface area contributed by atoms with Gasteiger partial charge in [-0.15, -0.1) is 0 Å². The third-order valence-electron chi connectivity index (χ3n) is 1.16. The predicted molar refractivity (Wildman–Crippen MR) is 42.1 cm³/mol. The largest absolute Gasteiger partial charge is 0.550 e. The first-order valence-corrected chi connectivity index (χ1v) is 3.75. The van der Waals surface area contributed by atoms with Crippen molar-refractivity contribution in [1.29, 1.82) is 0 Å². The minimum absolute atomic E-state index is 0.571. The zero-order valence-corrected chi connectivity index (χ0v) is 7.57. The van der Waals surface area contributed by atoms with Crippen LogP contribution >= 0.6 is 0 Å². The van der Waals surface area contributed by atoms with E-state index >= 15 is 0 Å². The smallest absolute Gasteiger partial charge is 0.241 e. The third-order valence-corrected chi connectivity index (χ3v) is 1.16. The van der Waals surface area contributed by atoms with Crippen molar-refractivity contribution in [2.75, 3.05) is 0 Å². The van der Waals surface area contributed by atoms with Crippen LogP contribution in [0.2, 0.25) is 0 Å². The molecule has 12 heavy (non-hydrogen) atoms. The first kappa shape index (κ1) is 10.7. The van der Waals surface area contributed by atoms with Crippen LogP contribution in [-0.4, -0.2) is 11.0 Å². The fraction of sp³-hybridized carbons (Fsp3) is 0.500. The molecule has 68 valence electrons. The highest BCUT2D eigenvalue weighted by atomic mass is 16.4. The van der Waals surface area contributed by atoms with Gasteiger partial charge in [0.2, 0.25) is 6.33 Å². The highest BCUT2D eigenvalue weighted by Crippen LogP contribution is 1.86. The fourth-order valence-corrected chi connectivity index (χ4v) is 0.622. The van der Waals surface area contributed by atoms with Crippen molar-refractivity contribution in [3.8, 4) is 0 Å². The van der Waals surface area contributed by atoms with Gasteiger partial charge in [0.1, 0.15) is 12.4 Å². The van der Waals surface area contributed by atoms with Gasteiger partial charge in [0.25, 0.3) is 0 Å². The van der Waals surface area contributed by atoms with E-state index in [2.05, 4.69) is 23.4 Å². The van der Waals surface area contributed by atoms with Crippen LogP contribution in [0, 0.1) is 0 Å². The summed E-state index contributed by atoms with van der Waals surface area (Å²) in [4.78, 5) is 11.9. The van der Waals surface area contributed by atoms with Gasteiger partial charge in [-0.3, -0.25) is 4.98 Å². The van der Waals surface area contributed by atoms with Crippen molar-refractivity contribution in [3.63, 3.8) is 0 Å². The summed E-state index contributed by atoms with van der Waals surface area (Å²) in [6, 6.07) is 0.571. The lowest BCUT2D eigenvalue weighted by Crippen LogP contribution is -2.32. The fourth-order valence-electron chi connectivity index (χ4n) is 0.622. The van der Waals surface area contributed by atoms with Crippen LogP contribution in [0.25, 0.3) is 0 Å². The number of aliphatic carboxylic acids is 1. The maximum atomic E-state index is 8.89. The number of aromatic amines is 1. The molecule has 1 rings (SSSR count). The number of H-pyrrole nitrogens is 1. The maximum absolute atomic E-state index is 8.89. The average molecular weight is 170 g/mol. The summed E-state index contributed by atoms with van der Waals surface area (Å²) in [5.41, 5.74) is 0. The summed E-state index contributed by atoms with van der Waals surface area (Å²) < 4.78 is 2.11. The van der Waals surface area contributed by atoms with Gasteiger partial charge in [0, 0.05) is 5.97 Å². The molecule has 0 unspecified atom stereocenters. The van der Waals surface area contributed by atoms with Crippen molar-refractivity contribution in [1.82, 2.24) is 4.98 Å². The van der Waals surface area contributed by atoms with Crippen LogP contribution in [0.4, 0.5) is 0 Å². The van der Waals surface area contributed by atoms with Gasteiger partial charge >= 0.3 is 0 Å². The first-order chi connectivity index (χ1) is 5.54. The second-order valence-electron chi connectivity index (χ2n) is 2.64. The van der Waals surface area contributed by atoms with Gasteiger partial charge in [-0.05, 0) is 20.8 Å². The third kappa shape index (κ3) is 5.46. The Morgan fingerprint density at radius 2 is 2.08 bits per heavy atom. The summed E-state index contributed by atoms with van der Waals surface area (Å²) in [5.74, 6) is -1.08. The van der Waals surface area contributed by atoms with Crippen molar-refractivity contribution in [2.24, 2.45) is 0 Å². The van der Waals surface area contributed by atoms with Crippen molar-refractivity contribution >= 4 is 5.97 Å². The second kappa shape index (κ2) is 5.35. The Morgan fingerprint density at radius 1 is 1.58 bits per heavy atom. The monoisotopic (exact) mass is 170 g/mol. The van der Waals surface area contributed by atoms with Gasteiger partial charge in [0.05, 0.1) is 6.04 Å². The number of aromatic nitrogens is 2. The number of hydrogen-bond acceptors (Lipinski definition) is 2. The molecule has 1 aromatic heterocycles. The number of carboxylic acids is 1. The normalized spacial score (nSPS) is 9.00. The molecule has 0 saturated heterocycles. The van der Waals surface area contributed by atoms with Crippen LogP contribution in [0.15, 0.2) is 18.7 Å². The van der Waals surface area contributed by atoms with Gasteiger partial charge < -0.3 is 9.90 Å². The van der Waals surface area contributed by atoms with Gasteiger partial charge in [0.15, 0.2) is 0 Å². The van der Waals surface area contributed by atoms with Crippen LogP contribution in [-0.2, 0) is 4.79 Å². The van der Waals surface area contributed by atoms with Crippen LogP contribution in [0.1, 0.15) is 26.8 Å². The number of carbonyl (C=O) groups is 1. The zero-order valence-electron chi connectivity index (χ0n) is 7.57. The molecule has 0 atom stereocenters. The highest BCUT2D eigenvalue weighted by molar-refractivity contribution is 5.60. The Morgan fingerprint density at radius 3 is 2.25 bits per heavy atom. The maximum Gasteiger partial charge on any atom is 0.241 e. The van der Waals surface area contributed by atoms with E-state index in [9.17, 15) is 0 Å². The average Bonchev–Trinajstić information content (AvgIpc) is 2.34. The summed E-state index contributed by atoms with van der Waals surface area (Å²) >= 11 is 0. The molecule has 1 heterocycles. The zero-order chi connectivity index (χ0) is 9.56. The lowest BCUT2D eigenvalue weighted by molar-refractivity contribution is -0.714. The minimum atomic E-state index is -1.08. The Labute approximate surface area is 71.9 Å². The predicted octanol–water partition coefficient (Wildman–Crippen LogP) is -0.361. The number of imidazole rings is 1. The Hall–Kier alpha value is -1.32. The minimum Gasteiger partial charge on any atom is -0.550 e. The Bertz CT molecular complexity index is 213. The number of hydrogen-bond donors (Lipinski definition) is 1. The number of nitrogens with one attached hydrogen (secondary N) is 1. The summed E-state index contributed by atoms with van der Waals surface area (Å²) in [6.07, 6.45) is 5.88. The van der Waals surface area contributed by atoms with Crippen molar-refractivity contribution < 1.29 is 14.5 Å². The number of carboxylic acid groups (broad SMARTS) is 1. The summed E-state index contributed by atoms with van der Waals surface area (Å²) in [7, 11) is 0. The quantitative estimate of drug-likeness (QED) is 0.585. The molecular formula is C8H14N2O2. The Kier molecular flexibility index (Phi) is 4.76. The van der Waals surface area contributed by atoms with E-state index in [1.165, 1.54) is 0 Å². The summed E-state index contributed by atoms with van der Waals surface area (Å²) in [5, 5.41) is 8.89. The molecule has 0 fully saturated rings. The molecule has 4 nitrogen and oxygen atoms in total. The first-order valence-electron chi connectivity index (χ1n) is 3.75. The molecule has 0 saturated carbocycles. The van der Waals surface area contributed by atoms with Crippen LogP contribution in [0.3, 0.4) is 0 Å². The van der Waals surface area contributed by atoms with E-state index in [0.717, 1.165) is 6.92 Å². The van der Waals surface area contributed by atoms with E-state index in [1.54, 1.807) is 0 Å². The van der Waals surface area contributed by atoms with E-state index in [1.807, 2.05) is 18.7 Å². The molecule has 0 aromatic carbocycles. The molecular weight excluding hydrogens is 156 g/mol. The lowest BCUT2D eigenvalue weighted by Gasteiger charge is -1.94. The standard InChI is InChI=1S/C6H10N2.C2H4O2/c1-6(2)8-4-3-7-5-8;1-2(3)4/h3-6H,1-2H3;1H3,(H,3,4). The number of carbonyl (C=O) groups excluding carboxylic acids is 1. The number of rotatable bonds is 1. The topological polar surface area (TPSA) is 59.8 Å². The van der Waals surface area contributed by atoms with E-state index in [0.29, 0.717) is 6.04 Å². The molecule has 0 spiro atoms. The molecule has 0 bridgehead atoms. The molecule has 0 amide bonds. The molecule has 0 aliphatic carbocycles. The van der Waals surface area contributed by atoms with E-state index in [-0.39, 0.29) is 0 Å². The molecule has 0 aliphatic rings. The second-order valence-corrected chi connectivity index (χ2v) is 2.64. The SMILES string of the molecule is CC(=O)[O-].CC(C)[n+]1cc[nH]c1. The van der Waals surface area contributed by atoms with Gasteiger partial charge in [-0.1, -0.05) is 0 Å². The van der Waals surface area contributed by atoms with Crippen molar-refractivity contribution in [3.05, 3.63) is 18.7 Å². The molecule has 0 radical (unpaired) electrons.